The first kappa shape index (κ1) is 14.9. The molecule has 0 spiro atoms. The lowest BCUT2D eigenvalue weighted by Gasteiger charge is -2.24. The van der Waals surface area contributed by atoms with Gasteiger partial charge < -0.3 is 10.6 Å². The number of carbonyl (C=O) groups excluding carboxylic acids is 1. The number of rotatable bonds is 1. The van der Waals surface area contributed by atoms with Gasteiger partial charge in [0.05, 0.1) is 6.07 Å². The lowest BCUT2D eigenvalue weighted by Crippen LogP contribution is -2.31. The van der Waals surface area contributed by atoms with Gasteiger partial charge in [0, 0.05) is 19.0 Å². The van der Waals surface area contributed by atoms with E-state index in [-0.39, 0.29) is 5.92 Å². The second-order valence-electron chi connectivity index (χ2n) is 4.01. The molecule has 2 aliphatic rings. The molecule has 1 aliphatic heterocycles. The van der Waals surface area contributed by atoms with Gasteiger partial charge >= 0.3 is 0 Å². The standard InChI is InChI=1S/C7H10N2O.C3H6.C2H7N/c8-5-7-1-3-9(6-10)4-2-7;1-2-3-1;1-2-3/h6-7H,1-4H2;1-3H2;2-3H2,1H3. The molecule has 0 aromatic carbocycles. The van der Waals surface area contributed by atoms with E-state index in [1.54, 1.807) is 4.90 Å². The number of nitrogens with zero attached hydrogens (tertiary/aromatic N) is 2. The zero-order valence-corrected chi connectivity index (χ0v) is 10.2. The first-order valence-corrected chi connectivity index (χ1v) is 6.07. The highest BCUT2D eigenvalue weighted by Gasteiger charge is 2.16. The molecule has 0 aromatic heterocycles. The second kappa shape index (κ2) is 10.4. The minimum Gasteiger partial charge on any atom is -0.345 e. The molecule has 0 unspecified atom stereocenters. The highest BCUT2D eigenvalue weighted by atomic mass is 16.1. The molecule has 2 fully saturated rings. The molecule has 0 radical (unpaired) electrons. The molecule has 4 heteroatoms. The van der Waals surface area contributed by atoms with Crippen molar-refractivity contribution in [1.82, 2.24) is 4.90 Å². The maximum atomic E-state index is 10.2. The van der Waals surface area contributed by atoms with Crippen molar-refractivity contribution < 1.29 is 4.79 Å². The quantitative estimate of drug-likeness (QED) is 0.688. The molecular weight excluding hydrogens is 202 g/mol. The van der Waals surface area contributed by atoms with E-state index in [9.17, 15) is 4.79 Å². The van der Waals surface area contributed by atoms with Crippen LogP contribution in [0.4, 0.5) is 0 Å². The van der Waals surface area contributed by atoms with Crippen molar-refractivity contribution >= 4 is 6.41 Å². The van der Waals surface area contributed by atoms with Crippen LogP contribution in [0.2, 0.25) is 0 Å². The van der Waals surface area contributed by atoms with E-state index in [1.807, 2.05) is 6.92 Å². The summed E-state index contributed by atoms with van der Waals surface area (Å²) in [5.74, 6) is 0.177. The number of hydrogen-bond donors (Lipinski definition) is 1. The fraction of sp³-hybridized carbons (Fsp3) is 0.833. The molecule has 2 rings (SSSR count). The van der Waals surface area contributed by atoms with Gasteiger partial charge in [0.1, 0.15) is 0 Å². The molecule has 1 saturated heterocycles. The van der Waals surface area contributed by atoms with Crippen molar-refractivity contribution in [2.24, 2.45) is 11.7 Å². The number of nitrogens with two attached hydrogens (primary N) is 1. The third-order valence-corrected chi connectivity index (χ3v) is 2.21. The fourth-order valence-corrected chi connectivity index (χ4v) is 1.13. The van der Waals surface area contributed by atoms with E-state index < -0.39 is 0 Å². The largest absolute Gasteiger partial charge is 0.345 e. The Morgan fingerprint density at radius 1 is 1.38 bits per heavy atom. The molecule has 2 N–H and O–H groups in total. The lowest BCUT2D eigenvalue weighted by atomic mass is 9.99. The molecule has 1 saturated carbocycles. The Labute approximate surface area is 98.4 Å². The third kappa shape index (κ3) is 9.47. The molecule has 0 bridgehead atoms. The van der Waals surface area contributed by atoms with Gasteiger partial charge in [-0.1, -0.05) is 26.2 Å². The Kier molecular flexibility index (Phi) is 9.73. The summed E-state index contributed by atoms with van der Waals surface area (Å²) in [4.78, 5) is 11.9. The third-order valence-electron chi connectivity index (χ3n) is 2.21. The van der Waals surface area contributed by atoms with Gasteiger partial charge in [-0.15, -0.1) is 0 Å². The zero-order valence-electron chi connectivity index (χ0n) is 10.2. The number of carbonyl (C=O) groups is 1. The van der Waals surface area contributed by atoms with Crippen molar-refractivity contribution in [3.05, 3.63) is 0 Å². The second-order valence-corrected chi connectivity index (χ2v) is 4.01. The van der Waals surface area contributed by atoms with Crippen LogP contribution in [-0.4, -0.2) is 30.9 Å². The van der Waals surface area contributed by atoms with Crippen LogP contribution in [0.25, 0.3) is 0 Å². The van der Waals surface area contributed by atoms with Gasteiger partial charge in [0.2, 0.25) is 6.41 Å². The van der Waals surface area contributed by atoms with Crippen LogP contribution in [0.3, 0.4) is 0 Å². The summed E-state index contributed by atoms with van der Waals surface area (Å²) in [6.45, 7) is 4.16. The van der Waals surface area contributed by atoms with E-state index in [0.717, 1.165) is 38.9 Å². The predicted octanol–water partition coefficient (Wildman–Crippen LogP) is 1.51. The van der Waals surface area contributed by atoms with E-state index in [4.69, 9.17) is 11.0 Å². The Balaban J connectivity index is 0.000000308. The van der Waals surface area contributed by atoms with Crippen LogP contribution in [0.1, 0.15) is 39.0 Å². The van der Waals surface area contributed by atoms with Crippen molar-refractivity contribution in [3.8, 4) is 6.07 Å². The van der Waals surface area contributed by atoms with Gasteiger partial charge in [-0.25, -0.2) is 0 Å². The van der Waals surface area contributed by atoms with E-state index in [2.05, 4.69) is 6.07 Å². The van der Waals surface area contributed by atoms with Crippen LogP contribution < -0.4 is 5.73 Å². The lowest BCUT2D eigenvalue weighted by molar-refractivity contribution is -0.119. The van der Waals surface area contributed by atoms with Gasteiger partial charge in [-0.05, 0) is 19.4 Å². The molecule has 0 aromatic rings. The molecule has 1 amide bonds. The minimum absolute atomic E-state index is 0.177. The number of amides is 1. The van der Waals surface area contributed by atoms with Crippen LogP contribution in [0.5, 0.6) is 0 Å². The van der Waals surface area contributed by atoms with Gasteiger partial charge in [-0.2, -0.15) is 5.26 Å². The van der Waals surface area contributed by atoms with E-state index in [0.29, 0.717) is 0 Å². The Morgan fingerprint density at radius 3 is 2.06 bits per heavy atom. The number of nitriles is 1. The molecule has 16 heavy (non-hydrogen) atoms. The minimum atomic E-state index is 0.177. The Morgan fingerprint density at radius 2 is 1.81 bits per heavy atom. The molecule has 4 nitrogen and oxygen atoms in total. The van der Waals surface area contributed by atoms with Gasteiger partial charge in [-0.3, -0.25) is 4.79 Å². The highest BCUT2D eigenvalue weighted by molar-refractivity contribution is 5.47. The highest BCUT2D eigenvalue weighted by Crippen LogP contribution is 2.15. The zero-order chi connectivity index (χ0) is 12.2. The first-order valence-electron chi connectivity index (χ1n) is 6.07. The summed E-state index contributed by atoms with van der Waals surface area (Å²) in [5.41, 5.74) is 4.85. The predicted molar refractivity (Wildman–Crippen MR) is 64.6 cm³/mol. The number of likely N-dealkylation sites (tertiary alicyclic amines) is 1. The first-order chi connectivity index (χ1) is 7.78. The molecule has 1 aliphatic carbocycles. The normalized spacial score (nSPS) is 18.2. The topological polar surface area (TPSA) is 70.1 Å². The summed E-state index contributed by atoms with van der Waals surface area (Å²) >= 11 is 0. The average molecular weight is 225 g/mol. The molecule has 1 heterocycles. The molecule has 92 valence electrons. The summed E-state index contributed by atoms with van der Waals surface area (Å²) < 4.78 is 0. The van der Waals surface area contributed by atoms with Crippen LogP contribution >= 0.6 is 0 Å². The van der Waals surface area contributed by atoms with Crippen LogP contribution in [-0.2, 0) is 4.79 Å². The number of hydrogen-bond acceptors (Lipinski definition) is 3. The average Bonchev–Trinajstić information content (AvgIpc) is 3.18. The van der Waals surface area contributed by atoms with Crippen LogP contribution in [0, 0.1) is 17.2 Å². The van der Waals surface area contributed by atoms with Gasteiger partial charge in [0.25, 0.3) is 0 Å². The molecule has 0 atom stereocenters. The van der Waals surface area contributed by atoms with Crippen molar-refractivity contribution in [2.75, 3.05) is 19.6 Å². The monoisotopic (exact) mass is 225 g/mol. The fourth-order valence-electron chi connectivity index (χ4n) is 1.13. The van der Waals surface area contributed by atoms with E-state index in [1.165, 1.54) is 19.3 Å². The summed E-state index contributed by atoms with van der Waals surface area (Å²) in [7, 11) is 0. The molecular formula is C12H23N3O. The van der Waals surface area contributed by atoms with E-state index >= 15 is 0 Å². The maximum Gasteiger partial charge on any atom is 0.209 e. The Bertz CT molecular complexity index is 200. The van der Waals surface area contributed by atoms with Crippen molar-refractivity contribution in [3.63, 3.8) is 0 Å². The Hall–Kier alpha value is -1.08. The summed E-state index contributed by atoms with van der Waals surface area (Å²) in [6.07, 6.45) is 7.04. The smallest absolute Gasteiger partial charge is 0.209 e. The van der Waals surface area contributed by atoms with Crippen molar-refractivity contribution in [1.29, 1.82) is 5.26 Å². The maximum absolute atomic E-state index is 10.2. The summed E-state index contributed by atoms with van der Waals surface area (Å²) in [5, 5.41) is 8.49. The SMILES string of the molecule is C1CC1.CCN.N#CC1CCN(C=O)CC1. The van der Waals surface area contributed by atoms with Gasteiger partial charge in [0.15, 0.2) is 0 Å². The number of piperidine rings is 1. The summed E-state index contributed by atoms with van der Waals surface area (Å²) in [6, 6.07) is 2.21. The van der Waals surface area contributed by atoms with Crippen molar-refractivity contribution in [2.45, 2.75) is 39.0 Å². The van der Waals surface area contributed by atoms with Crippen LogP contribution in [0.15, 0.2) is 0 Å².